The van der Waals surface area contributed by atoms with E-state index in [4.69, 9.17) is 4.74 Å². The summed E-state index contributed by atoms with van der Waals surface area (Å²) in [6.45, 7) is 11.1. The quantitative estimate of drug-likeness (QED) is 0.784. The van der Waals surface area contributed by atoms with Gasteiger partial charge in [-0.3, -0.25) is 9.88 Å². The van der Waals surface area contributed by atoms with Crippen LogP contribution in [0.1, 0.15) is 32.6 Å². The summed E-state index contributed by atoms with van der Waals surface area (Å²) in [6, 6.07) is 0.670. The van der Waals surface area contributed by atoms with Crippen LogP contribution in [0.25, 0.3) is 0 Å². The fourth-order valence-corrected chi connectivity index (χ4v) is 4.26. The molecule has 2 saturated heterocycles. The van der Waals surface area contributed by atoms with E-state index in [2.05, 4.69) is 31.6 Å². The van der Waals surface area contributed by atoms with Gasteiger partial charge in [0.15, 0.2) is 5.82 Å². The lowest BCUT2D eigenvalue weighted by molar-refractivity contribution is 0.0858. The molecule has 138 valence electrons. The molecule has 0 N–H and O–H groups in total. The summed E-state index contributed by atoms with van der Waals surface area (Å²) in [4.78, 5) is 16.5. The Balaban J connectivity index is 1.25. The van der Waals surface area contributed by atoms with Gasteiger partial charge in [-0.25, -0.2) is 0 Å². The molecule has 25 heavy (non-hydrogen) atoms. The normalized spacial score (nSPS) is 23.8. The molecule has 2 aliphatic heterocycles. The summed E-state index contributed by atoms with van der Waals surface area (Å²) in [6.07, 6.45) is 8.91. The Morgan fingerprint density at radius 3 is 2.56 bits per heavy atom. The number of ether oxygens (including phenoxy) is 1. The first-order chi connectivity index (χ1) is 12.3. The van der Waals surface area contributed by atoms with Crippen molar-refractivity contribution in [1.29, 1.82) is 0 Å². The van der Waals surface area contributed by atoms with E-state index in [0.717, 1.165) is 25.5 Å². The number of nitrogens with zero attached hydrogens (tertiary/aromatic N) is 5. The van der Waals surface area contributed by atoms with Crippen molar-refractivity contribution in [3.05, 3.63) is 12.4 Å². The molecule has 1 aliphatic carbocycles. The van der Waals surface area contributed by atoms with E-state index in [1.54, 1.807) is 6.20 Å². The number of anilines is 1. The first-order valence-corrected chi connectivity index (χ1v) is 9.98. The number of aromatic nitrogens is 2. The summed E-state index contributed by atoms with van der Waals surface area (Å²) >= 11 is 0. The number of likely N-dealkylation sites (N-methyl/N-ethyl adjacent to an activating group) is 1. The molecule has 0 bridgehead atoms. The predicted molar refractivity (Wildman–Crippen MR) is 99.2 cm³/mol. The molecule has 6 nitrogen and oxygen atoms in total. The largest absolute Gasteiger partial charge is 0.476 e. The van der Waals surface area contributed by atoms with E-state index in [-0.39, 0.29) is 0 Å². The van der Waals surface area contributed by atoms with Gasteiger partial charge in [-0.05, 0) is 25.3 Å². The molecular weight excluding hydrogens is 314 g/mol. The minimum atomic E-state index is 0.670. The Morgan fingerprint density at radius 1 is 1.08 bits per heavy atom. The van der Waals surface area contributed by atoms with Crippen molar-refractivity contribution in [3.63, 3.8) is 0 Å². The van der Waals surface area contributed by atoms with Gasteiger partial charge in [0, 0.05) is 45.3 Å². The highest BCUT2D eigenvalue weighted by atomic mass is 16.5. The van der Waals surface area contributed by atoms with Crippen molar-refractivity contribution in [2.45, 2.75) is 38.6 Å². The summed E-state index contributed by atoms with van der Waals surface area (Å²) in [7, 11) is 0. The average Bonchev–Trinajstić information content (AvgIpc) is 3.13. The lowest BCUT2D eigenvalue weighted by Crippen LogP contribution is -2.63. The second kappa shape index (κ2) is 7.87. The molecule has 0 aromatic carbocycles. The second-order valence-electron chi connectivity index (χ2n) is 7.71. The maximum Gasteiger partial charge on any atom is 0.234 e. The molecule has 0 radical (unpaired) electrons. The van der Waals surface area contributed by atoms with Gasteiger partial charge < -0.3 is 14.5 Å². The minimum Gasteiger partial charge on any atom is -0.476 e. The molecule has 1 aromatic heterocycles. The summed E-state index contributed by atoms with van der Waals surface area (Å²) in [5.74, 6) is 2.36. The van der Waals surface area contributed by atoms with E-state index in [9.17, 15) is 0 Å². The van der Waals surface area contributed by atoms with Crippen molar-refractivity contribution in [3.8, 4) is 5.88 Å². The molecule has 6 heteroatoms. The smallest absolute Gasteiger partial charge is 0.234 e. The van der Waals surface area contributed by atoms with Gasteiger partial charge in [-0.1, -0.05) is 19.8 Å². The van der Waals surface area contributed by atoms with Crippen LogP contribution in [0.2, 0.25) is 0 Å². The molecular formula is C19H31N5O. The molecule has 0 amide bonds. The van der Waals surface area contributed by atoms with E-state index < -0.39 is 0 Å². The van der Waals surface area contributed by atoms with Crippen molar-refractivity contribution in [2.75, 3.05) is 57.3 Å². The Hall–Kier alpha value is -1.40. The van der Waals surface area contributed by atoms with Crippen LogP contribution in [0.4, 0.5) is 5.82 Å². The zero-order valence-electron chi connectivity index (χ0n) is 15.4. The molecule has 0 spiro atoms. The summed E-state index contributed by atoms with van der Waals surface area (Å²) < 4.78 is 5.90. The molecule has 0 atom stereocenters. The van der Waals surface area contributed by atoms with Crippen LogP contribution in [-0.4, -0.2) is 78.2 Å². The molecule has 3 fully saturated rings. The minimum absolute atomic E-state index is 0.670. The SMILES string of the molecule is CCN1CCN(C2CN(c3cncc(OCC4CCCC4)n3)C2)CC1. The van der Waals surface area contributed by atoms with Crippen LogP contribution in [0.3, 0.4) is 0 Å². The number of hydrogen-bond acceptors (Lipinski definition) is 6. The van der Waals surface area contributed by atoms with Gasteiger partial charge in [0.05, 0.1) is 19.0 Å². The predicted octanol–water partition coefficient (Wildman–Crippen LogP) is 1.87. The molecule has 3 aliphatic rings. The fourth-order valence-electron chi connectivity index (χ4n) is 4.26. The van der Waals surface area contributed by atoms with Gasteiger partial charge in [0.25, 0.3) is 0 Å². The van der Waals surface area contributed by atoms with E-state index in [1.807, 2.05) is 6.20 Å². The van der Waals surface area contributed by atoms with Crippen LogP contribution >= 0.6 is 0 Å². The third kappa shape index (κ3) is 4.06. The Labute approximate surface area is 151 Å². The van der Waals surface area contributed by atoms with Crippen LogP contribution < -0.4 is 9.64 Å². The van der Waals surface area contributed by atoms with Gasteiger partial charge >= 0.3 is 0 Å². The highest BCUT2D eigenvalue weighted by Crippen LogP contribution is 2.26. The van der Waals surface area contributed by atoms with Gasteiger partial charge in [-0.2, -0.15) is 4.98 Å². The first kappa shape index (κ1) is 17.0. The molecule has 1 saturated carbocycles. The van der Waals surface area contributed by atoms with Gasteiger partial charge in [0.2, 0.25) is 5.88 Å². The highest BCUT2D eigenvalue weighted by molar-refractivity contribution is 5.41. The molecule has 0 unspecified atom stereocenters. The third-order valence-corrected chi connectivity index (χ3v) is 6.10. The maximum atomic E-state index is 5.90. The second-order valence-corrected chi connectivity index (χ2v) is 7.71. The number of rotatable bonds is 6. The van der Waals surface area contributed by atoms with E-state index in [0.29, 0.717) is 17.8 Å². The van der Waals surface area contributed by atoms with Gasteiger partial charge in [-0.15, -0.1) is 0 Å². The lowest BCUT2D eigenvalue weighted by Gasteiger charge is -2.48. The summed E-state index contributed by atoms with van der Waals surface area (Å²) in [5.41, 5.74) is 0. The molecule has 1 aromatic rings. The van der Waals surface area contributed by atoms with Crippen LogP contribution in [0, 0.1) is 5.92 Å². The standard InChI is InChI=1S/C19H31N5O/c1-2-22-7-9-23(10-8-22)17-13-24(14-17)18-11-20-12-19(21-18)25-15-16-5-3-4-6-16/h11-12,16-17H,2-10,13-15H2,1H3. The maximum absolute atomic E-state index is 5.90. The van der Waals surface area contributed by atoms with E-state index in [1.165, 1.54) is 58.4 Å². The molecule has 4 rings (SSSR count). The van der Waals surface area contributed by atoms with Crippen molar-refractivity contribution in [2.24, 2.45) is 5.92 Å². The highest BCUT2D eigenvalue weighted by Gasteiger charge is 2.34. The van der Waals surface area contributed by atoms with Crippen molar-refractivity contribution < 1.29 is 4.74 Å². The van der Waals surface area contributed by atoms with Crippen molar-refractivity contribution in [1.82, 2.24) is 19.8 Å². The number of hydrogen-bond donors (Lipinski definition) is 0. The number of piperazine rings is 1. The zero-order valence-corrected chi connectivity index (χ0v) is 15.4. The first-order valence-electron chi connectivity index (χ1n) is 9.98. The zero-order chi connectivity index (χ0) is 17.1. The topological polar surface area (TPSA) is 44.7 Å². The summed E-state index contributed by atoms with van der Waals surface area (Å²) in [5, 5.41) is 0. The monoisotopic (exact) mass is 345 g/mol. The Morgan fingerprint density at radius 2 is 1.84 bits per heavy atom. The Bertz CT molecular complexity index is 549. The molecule has 3 heterocycles. The van der Waals surface area contributed by atoms with Crippen LogP contribution in [-0.2, 0) is 0 Å². The van der Waals surface area contributed by atoms with Crippen LogP contribution in [0.15, 0.2) is 12.4 Å². The van der Waals surface area contributed by atoms with Gasteiger partial charge in [0.1, 0.15) is 0 Å². The van der Waals surface area contributed by atoms with E-state index >= 15 is 0 Å². The third-order valence-electron chi connectivity index (χ3n) is 6.10. The van der Waals surface area contributed by atoms with Crippen molar-refractivity contribution >= 4 is 5.82 Å². The average molecular weight is 345 g/mol. The van der Waals surface area contributed by atoms with Crippen LogP contribution in [0.5, 0.6) is 5.88 Å². The fraction of sp³-hybridized carbons (Fsp3) is 0.789. The Kier molecular flexibility index (Phi) is 5.36. The lowest BCUT2D eigenvalue weighted by atomic mass is 10.1.